The van der Waals surface area contributed by atoms with Crippen molar-refractivity contribution in [3.05, 3.63) is 47.5 Å². The van der Waals surface area contributed by atoms with Crippen molar-refractivity contribution >= 4 is 43.8 Å². The standard InChI is InChI=1S/C23H26N2O6S2/c1-24-23(27)21-18-12-17(14-4-5-14)19(25(10-11-26)33(3,29)30)13-20(18)31-22(21)15-6-8-16(9-7-15)32(2)28/h6-9,12-14,26H,4-5,10-11H2,1-3H3,(H,24,27). The summed E-state index contributed by atoms with van der Waals surface area (Å²) >= 11 is -1.14. The van der Waals surface area contributed by atoms with Gasteiger partial charge in [-0.1, -0.05) is 0 Å². The maximum absolute atomic E-state index is 12.9. The molecule has 1 aromatic heterocycles. The molecule has 1 aliphatic rings. The summed E-state index contributed by atoms with van der Waals surface area (Å²) in [5.74, 6) is 0.212. The van der Waals surface area contributed by atoms with Gasteiger partial charge in [0.1, 0.15) is 17.6 Å². The number of hydrogen-bond donors (Lipinski definition) is 2. The van der Waals surface area contributed by atoms with Gasteiger partial charge in [0.25, 0.3) is 5.91 Å². The van der Waals surface area contributed by atoms with Gasteiger partial charge < -0.3 is 19.4 Å². The Morgan fingerprint density at radius 3 is 2.45 bits per heavy atom. The minimum atomic E-state index is -3.64. The van der Waals surface area contributed by atoms with E-state index in [2.05, 4.69) is 5.32 Å². The summed E-state index contributed by atoms with van der Waals surface area (Å²) in [6, 6.07) is 10.4. The fraction of sp³-hybridized carbons (Fsp3) is 0.348. The number of sulfonamides is 1. The zero-order valence-electron chi connectivity index (χ0n) is 18.6. The van der Waals surface area contributed by atoms with Crippen molar-refractivity contribution in [3.63, 3.8) is 0 Å². The van der Waals surface area contributed by atoms with E-state index in [9.17, 15) is 22.9 Å². The molecule has 33 heavy (non-hydrogen) atoms. The predicted octanol–water partition coefficient (Wildman–Crippen LogP) is 2.83. The molecule has 1 atom stereocenters. The van der Waals surface area contributed by atoms with Crippen LogP contribution < -0.4 is 9.62 Å². The summed E-state index contributed by atoms with van der Waals surface area (Å²) in [5, 5.41) is 12.7. The van der Waals surface area contributed by atoms with E-state index in [-0.39, 0.29) is 25.0 Å². The second kappa shape index (κ2) is 9.02. The largest absolute Gasteiger partial charge is 0.612 e. The molecule has 1 fully saturated rings. The molecule has 0 radical (unpaired) electrons. The molecule has 8 nitrogen and oxygen atoms in total. The van der Waals surface area contributed by atoms with Crippen molar-refractivity contribution in [1.82, 2.24) is 5.32 Å². The molecule has 4 rings (SSSR count). The van der Waals surface area contributed by atoms with Gasteiger partial charge >= 0.3 is 0 Å². The highest BCUT2D eigenvalue weighted by molar-refractivity contribution is 7.92. The summed E-state index contributed by atoms with van der Waals surface area (Å²) in [4.78, 5) is 13.5. The van der Waals surface area contributed by atoms with E-state index in [4.69, 9.17) is 4.42 Å². The summed E-state index contributed by atoms with van der Waals surface area (Å²) in [7, 11) is -2.10. The minimum absolute atomic E-state index is 0.0739. The quantitative estimate of drug-likeness (QED) is 0.468. The molecule has 1 aliphatic carbocycles. The summed E-state index contributed by atoms with van der Waals surface area (Å²) in [6.45, 7) is -0.400. The summed E-state index contributed by atoms with van der Waals surface area (Å²) in [6.07, 6.45) is 4.54. The van der Waals surface area contributed by atoms with Crippen molar-refractivity contribution < 1.29 is 27.3 Å². The van der Waals surface area contributed by atoms with E-state index in [0.717, 1.165) is 24.7 Å². The molecular formula is C23H26N2O6S2. The van der Waals surface area contributed by atoms with Crippen LogP contribution in [0.1, 0.15) is 34.7 Å². The molecule has 176 valence electrons. The number of fused-ring (bicyclic) bond motifs is 1. The molecule has 1 saturated carbocycles. The fourth-order valence-corrected chi connectivity index (χ4v) is 5.44. The minimum Gasteiger partial charge on any atom is -0.612 e. The molecule has 1 heterocycles. The van der Waals surface area contributed by atoms with Crippen LogP contribution in [0, 0.1) is 0 Å². The number of furan rings is 1. The molecular weight excluding hydrogens is 464 g/mol. The zero-order valence-corrected chi connectivity index (χ0v) is 20.3. The van der Waals surface area contributed by atoms with Crippen LogP contribution in [0.15, 0.2) is 45.7 Å². The second-order valence-corrected chi connectivity index (χ2v) is 11.4. The van der Waals surface area contributed by atoms with Crippen LogP contribution in [0.5, 0.6) is 0 Å². The lowest BCUT2D eigenvalue weighted by Gasteiger charge is -2.24. The monoisotopic (exact) mass is 490 g/mol. The van der Waals surface area contributed by atoms with Gasteiger partial charge in [-0.15, -0.1) is 0 Å². The Balaban J connectivity index is 1.96. The third kappa shape index (κ3) is 4.61. The topological polar surface area (TPSA) is 123 Å². The van der Waals surface area contributed by atoms with Crippen LogP contribution in [-0.2, 0) is 21.2 Å². The first-order chi connectivity index (χ1) is 15.7. The lowest BCUT2D eigenvalue weighted by atomic mass is 10.0. The number of benzene rings is 2. The predicted molar refractivity (Wildman–Crippen MR) is 129 cm³/mol. The number of amides is 1. The number of nitrogens with zero attached hydrogens (tertiary/aromatic N) is 1. The molecule has 0 spiro atoms. The van der Waals surface area contributed by atoms with Crippen molar-refractivity contribution in [1.29, 1.82) is 0 Å². The van der Waals surface area contributed by atoms with Crippen LogP contribution in [0.4, 0.5) is 5.69 Å². The molecule has 1 amide bonds. The third-order valence-corrected chi connectivity index (χ3v) is 7.85. The number of carbonyl (C=O) groups excluding carboxylic acids is 1. The van der Waals surface area contributed by atoms with Crippen molar-refractivity contribution in [3.8, 4) is 11.3 Å². The smallest absolute Gasteiger partial charge is 0.255 e. The van der Waals surface area contributed by atoms with Gasteiger partial charge in [-0.2, -0.15) is 0 Å². The average Bonchev–Trinajstić information content (AvgIpc) is 3.55. The zero-order chi connectivity index (χ0) is 23.9. The SMILES string of the molecule is CNC(=O)c1c(-c2ccc([S+](C)[O-])cc2)oc2cc(N(CCO)S(C)(=O)=O)c(C3CC3)cc12. The van der Waals surface area contributed by atoms with Crippen LogP contribution in [0.3, 0.4) is 0 Å². The lowest BCUT2D eigenvalue weighted by Crippen LogP contribution is -2.33. The van der Waals surface area contributed by atoms with Gasteiger partial charge in [-0.25, -0.2) is 8.42 Å². The Morgan fingerprint density at radius 1 is 1.27 bits per heavy atom. The number of hydrogen-bond acceptors (Lipinski definition) is 6. The van der Waals surface area contributed by atoms with E-state index in [1.807, 2.05) is 6.07 Å². The van der Waals surface area contributed by atoms with Gasteiger partial charge in [0, 0.05) is 24.1 Å². The van der Waals surface area contributed by atoms with Gasteiger partial charge in [-0.05, 0) is 65.8 Å². The molecule has 0 aliphatic heterocycles. The van der Waals surface area contributed by atoms with E-state index in [1.54, 1.807) is 36.6 Å². The number of aliphatic hydroxyl groups is 1. The van der Waals surface area contributed by atoms with Crippen molar-refractivity contribution in [2.24, 2.45) is 0 Å². The van der Waals surface area contributed by atoms with Crippen LogP contribution >= 0.6 is 0 Å². The highest BCUT2D eigenvalue weighted by Gasteiger charge is 2.33. The molecule has 3 aromatic rings. The number of carbonyl (C=O) groups is 1. The van der Waals surface area contributed by atoms with E-state index in [0.29, 0.717) is 38.4 Å². The second-order valence-electron chi connectivity index (χ2n) is 8.10. The number of rotatable bonds is 8. The van der Waals surface area contributed by atoms with Crippen molar-refractivity contribution in [2.45, 2.75) is 23.7 Å². The van der Waals surface area contributed by atoms with E-state index >= 15 is 0 Å². The first-order valence-electron chi connectivity index (χ1n) is 10.5. The molecule has 0 saturated heterocycles. The lowest BCUT2D eigenvalue weighted by molar-refractivity contribution is 0.0964. The average molecular weight is 491 g/mol. The van der Waals surface area contributed by atoms with Gasteiger partial charge in [0.15, 0.2) is 4.90 Å². The number of nitrogens with one attached hydrogen (secondary N) is 1. The van der Waals surface area contributed by atoms with Crippen LogP contribution in [0.2, 0.25) is 0 Å². The van der Waals surface area contributed by atoms with E-state index in [1.165, 1.54) is 11.4 Å². The number of aliphatic hydroxyl groups excluding tert-OH is 1. The summed E-state index contributed by atoms with van der Waals surface area (Å²) in [5.41, 5.74) is 2.65. The highest BCUT2D eigenvalue weighted by atomic mass is 32.2. The Morgan fingerprint density at radius 2 is 1.94 bits per heavy atom. The third-order valence-electron chi connectivity index (χ3n) is 5.73. The van der Waals surface area contributed by atoms with Gasteiger partial charge in [0.2, 0.25) is 10.0 Å². The molecule has 0 bridgehead atoms. The Kier molecular flexibility index (Phi) is 6.45. The normalized spacial score (nSPS) is 14.9. The van der Waals surface area contributed by atoms with Gasteiger partial charge in [-0.3, -0.25) is 9.10 Å². The highest BCUT2D eigenvalue weighted by Crippen LogP contribution is 2.48. The molecule has 2 N–H and O–H groups in total. The van der Waals surface area contributed by atoms with Gasteiger partial charge in [0.05, 0.1) is 30.7 Å². The Hall–Kier alpha value is -2.53. The maximum atomic E-state index is 12.9. The van der Waals surface area contributed by atoms with Crippen LogP contribution in [-0.4, -0.2) is 56.7 Å². The van der Waals surface area contributed by atoms with E-state index < -0.39 is 21.2 Å². The Bertz CT molecular complexity index is 1290. The molecule has 2 aromatic carbocycles. The Labute approximate surface area is 195 Å². The van der Waals surface area contributed by atoms with Crippen LogP contribution in [0.25, 0.3) is 22.3 Å². The first kappa shape index (κ1) is 23.6. The molecule has 1 unspecified atom stereocenters. The summed E-state index contributed by atoms with van der Waals surface area (Å²) < 4.78 is 44.0. The number of anilines is 1. The fourth-order valence-electron chi connectivity index (χ4n) is 3.99. The van der Waals surface area contributed by atoms with Crippen molar-refractivity contribution in [2.75, 3.05) is 37.0 Å². The molecule has 10 heteroatoms. The first-order valence-corrected chi connectivity index (χ1v) is 13.9. The maximum Gasteiger partial charge on any atom is 0.255 e.